The number of para-hydroxylation sites is 1. The molecule has 1 unspecified atom stereocenters. The van der Waals surface area contributed by atoms with E-state index in [1.807, 2.05) is 54.6 Å². The Morgan fingerprint density at radius 3 is 2.75 bits per heavy atom. The highest BCUT2D eigenvalue weighted by Gasteiger charge is 2.31. The lowest BCUT2D eigenvalue weighted by Gasteiger charge is -2.23. The number of rotatable bonds is 6. The molecule has 3 aromatic rings. The minimum atomic E-state index is -0.282. The number of nitrogens with zero attached hydrogens (tertiary/aromatic N) is 5. The van der Waals surface area contributed by atoms with E-state index in [-0.39, 0.29) is 23.9 Å². The van der Waals surface area contributed by atoms with Gasteiger partial charge in [0.05, 0.1) is 23.7 Å². The number of carbonyl (C=O) groups excluding carboxylic acids is 2. The van der Waals surface area contributed by atoms with Gasteiger partial charge in [-0.05, 0) is 55.7 Å². The first-order chi connectivity index (χ1) is 17.5. The van der Waals surface area contributed by atoms with Gasteiger partial charge < -0.3 is 15.1 Å². The van der Waals surface area contributed by atoms with Crippen LogP contribution >= 0.6 is 0 Å². The summed E-state index contributed by atoms with van der Waals surface area (Å²) in [5.74, 6) is -0.0701. The van der Waals surface area contributed by atoms with Gasteiger partial charge in [-0.2, -0.15) is 5.26 Å². The number of pyridine rings is 1. The van der Waals surface area contributed by atoms with Crippen molar-refractivity contribution < 1.29 is 9.59 Å². The lowest BCUT2D eigenvalue weighted by atomic mass is 10.1. The zero-order valence-electron chi connectivity index (χ0n) is 20.4. The van der Waals surface area contributed by atoms with Crippen molar-refractivity contribution in [1.82, 2.24) is 14.8 Å². The molecule has 2 aliphatic rings. The van der Waals surface area contributed by atoms with Crippen molar-refractivity contribution in [3.8, 4) is 6.07 Å². The summed E-state index contributed by atoms with van der Waals surface area (Å²) >= 11 is 0. The third-order valence-electron chi connectivity index (χ3n) is 7.16. The Kier molecular flexibility index (Phi) is 6.83. The molecule has 1 aromatic heterocycles. The second-order valence-corrected chi connectivity index (χ2v) is 9.50. The van der Waals surface area contributed by atoms with Crippen molar-refractivity contribution in [3.05, 3.63) is 66.4 Å². The topological polar surface area (TPSA) is 92.6 Å². The van der Waals surface area contributed by atoms with E-state index in [2.05, 4.69) is 21.3 Å². The van der Waals surface area contributed by atoms with Crippen LogP contribution in [0.15, 0.2) is 60.8 Å². The Morgan fingerprint density at radius 1 is 1.11 bits per heavy atom. The fourth-order valence-electron chi connectivity index (χ4n) is 5.22. The van der Waals surface area contributed by atoms with Gasteiger partial charge in [-0.25, -0.2) is 0 Å². The summed E-state index contributed by atoms with van der Waals surface area (Å²) in [6.07, 6.45) is 4.29. The molecule has 0 bridgehead atoms. The number of nitrogens with one attached hydrogen (secondary N) is 1. The Balaban J connectivity index is 1.29. The molecule has 2 fully saturated rings. The Labute approximate surface area is 211 Å². The maximum atomic E-state index is 13.3. The zero-order chi connectivity index (χ0) is 25.1. The Bertz CT molecular complexity index is 1300. The first-order valence-electron chi connectivity index (χ1n) is 12.4. The van der Waals surface area contributed by atoms with Crippen molar-refractivity contribution >= 4 is 34.1 Å². The lowest BCUT2D eigenvalue weighted by molar-refractivity contribution is -0.132. The van der Waals surface area contributed by atoms with E-state index in [1.54, 1.807) is 23.0 Å². The van der Waals surface area contributed by atoms with Crippen LogP contribution in [0.25, 0.3) is 10.9 Å². The predicted molar refractivity (Wildman–Crippen MR) is 140 cm³/mol. The molecule has 0 spiro atoms. The zero-order valence-corrected chi connectivity index (χ0v) is 20.4. The average Bonchev–Trinajstić information content (AvgIpc) is 3.58. The number of nitriles is 1. The standard InChI is InChI=1S/C28H30N6O2/c1-32(21-7-3-2-4-8-21)28(36)24-11-12-25(23-10-5-14-30-27(23)24)31-20-13-16-33(18-20)19-26(35)34-15-6-9-22(34)17-29/h2-5,7-8,10-12,14,20,22,31H,6,9,13,15-16,18-19H2,1H3/t20-,22?/m0/s1. The highest BCUT2D eigenvalue weighted by atomic mass is 16.2. The molecule has 8 heteroatoms. The van der Waals surface area contributed by atoms with Crippen LogP contribution in [-0.4, -0.2) is 71.9 Å². The molecule has 2 aromatic carbocycles. The van der Waals surface area contributed by atoms with E-state index in [0.717, 1.165) is 49.1 Å². The lowest BCUT2D eigenvalue weighted by Crippen LogP contribution is -2.42. The molecule has 184 valence electrons. The number of hydrogen-bond acceptors (Lipinski definition) is 6. The summed E-state index contributed by atoms with van der Waals surface area (Å²) in [5, 5.41) is 13.8. The monoisotopic (exact) mass is 482 g/mol. The number of hydrogen-bond donors (Lipinski definition) is 1. The van der Waals surface area contributed by atoms with Crippen LogP contribution in [0.2, 0.25) is 0 Å². The highest BCUT2D eigenvalue weighted by molar-refractivity contribution is 6.14. The van der Waals surface area contributed by atoms with Crippen LogP contribution in [0.5, 0.6) is 0 Å². The summed E-state index contributed by atoms with van der Waals surface area (Å²) in [6.45, 7) is 2.59. The molecule has 2 saturated heterocycles. The number of aromatic nitrogens is 1. The molecule has 2 atom stereocenters. The Hall–Kier alpha value is -3.96. The molecule has 5 rings (SSSR count). The quantitative estimate of drug-likeness (QED) is 0.578. The number of carbonyl (C=O) groups is 2. The summed E-state index contributed by atoms with van der Waals surface area (Å²) in [5.41, 5.74) is 2.97. The molecule has 1 N–H and O–H groups in total. The van der Waals surface area contributed by atoms with Gasteiger partial charge in [0.2, 0.25) is 5.91 Å². The first-order valence-corrected chi connectivity index (χ1v) is 12.4. The Morgan fingerprint density at radius 2 is 1.94 bits per heavy atom. The molecule has 36 heavy (non-hydrogen) atoms. The van der Waals surface area contributed by atoms with Crippen molar-refractivity contribution in [3.63, 3.8) is 0 Å². The van der Waals surface area contributed by atoms with Crippen molar-refractivity contribution in [2.45, 2.75) is 31.3 Å². The van der Waals surface area contributed by atoms with E-state index in [0.29, 0.717) is 24.2 Å². The third-order valence-corrected chi connectivity index (χ3v) is 7.16. The van der Waals surface area contributed by atoms with E-state index in [9.17, 15) is 14.9 Å². The minimum absolute atomic E-state index is 0.0414. The number of fused-ring (bicyclic) bond motifs is 1. The normalized spacial score (nSPS) is 19.8. The van der Waals surface area contributed by atoms with Crippen molar-refractivity contribution in [2.24, 2.45) is 0 Å². The van der Waals surface area contributed by atoms with E-state index < -0.39 is 0 Å². The smallest absolute Gasteiger partial charge is 0.260 e. The summed E-state index contributed by atoms with van der Waals surface area (Å²) in [6, 6.07) is 19.4. The molecule has 2 amide bonds. The number of anilines is 2. The van der Waals surface area contributed by atoms with Crippen LogP contribution in [-0.2, 0) is 4.79 Å². The molecule has 0 radical (unpaired) electrons. The van der Waals surface area contributed by atoms with Gasteiger partial charge in [-0.15, -0.1) is 0 Å². The second-order valence-electron chi connectivity index (χ2n) is 9.50. The molecular formula is C28H30N6O2. The summed E-state index contributed by atoms with van der Waals surface area (Å²) in [7, 11) is 1.77. The van der Waals surface area contributed by atoms with Gasteiger partial charge in [0.15, 0.2) is 0 Å². The van der Waals surface area contributed by atoms with Gasteiger partial charge in [0.1, 0.15) is 6.04 Å². The van der Waals surface area contributed by atoms with Crippen molar-refractivity contribution in [2.75, 3.05) is 43.4 Å². The fourth-order valence-corrected chi connectivity index (χ4v) is 5.22. The van der Waals surface area contributed by atoms with Crippen LogP contribution in [0.1, 0.15) is 29.6 Å². The largest absolute Gasteiger partial charge is 0.380 e. The number of likely N-dealkylation sites (tertiary alicyclic amines) is 2. The van der Waals surface area contributed by atoms with Crippen LogP contribution in [0.4, 0.5) is 11.4 Å². The van der Waals surface area contributed by atoms with Gasteiger partial charge in [0, 0.05) is 55.7 Å². The van der Waals surface area contributed by atoms with E-state index in [4.69, 9.17) is 0 Å². The van der Waals surface area contributed by atoms with Crippen LogP contribution in [0, 0.1) is 11.3 Å². The predicted octanol–water partition coefficient (Wildman–Crippen LogP) is 3.51. The van der Waals surface area contributed by atoms with Gasteiger partial charge >= 0.3 is 0 Å². The fraction of sp³-hybridized carbons (Fsp3) is 0.357. The maximum absolute atomic E-state index is 13.3. The van der Waals surface area contributed by atoms with Crippen LogP contribution < -0.4 is 10.2 Å². The SMILES string of the molecule is CN(C(=O)c1ccc(N[C@H]2CCN(CC(=O)N3CCCC3C#N)C2)c2cccnc12)c1ccccc1. The summed E-state index contributed by atoms with van der Waals surface area (Å²) in [4.78, 5) is 36.1. The van der Waals surface area contributed by atoms with Crippen molar-refractivity contribution in [1.29, 1.82) is 5.26 Å². The van der Waals surface area contributed by atoms with Gasteiger partial charge in [-0.1, -0.05) is 18.2 Å². The molecular weight excluding hydrogens is 452 g/mol. The molecule has 3 heterocycles. The van der Waals surface area contributed by atoms with E-state index in [1.165, 1.54) is 0 Å². The summed E-state index contributed by atoms with van der Waals surface area (Å²) < 4.78 is 0. The molecule has 0 aliphatic carbocycles. The number of benzene rings is 2. The van der Waals surface area contributed by atoms with Gasteiger partial charge in [0.25, 0.3) is 5.91 Å². The second kappa shape index (κ2) is 10.3. The van der Waals surface area contributed by atoms with Gasteiger partial charge in [-0.3, -0.25) is 19.5 Å². The molecule has 8 nitrogen and oxygen atoms in total. The molecule has 2 aliphatic heterocycles. The van der Waals surface area contributed by atoms with Crippen LogP contribution in [0.3, 0.4) is 0 Å². The third kappa shape index (κ3) is 4.75. The average molecular weight is 483 g/mol. The maximum Gasteiger partial charge on any atom is 0.260 e. The number of amides is 2. The molecule has 0 saturated carbocycles. The van der Waals surface area contributed by atoms with E-state index >= 15 is 0 Å². The minimum Gasteiger partial charge on any atom is -0.380 e. The first kappa shape index (κ1) is 23.8. The highest BCUT2D eigenvalue weighted by Crippen LogP contribution is 2.29.